The Morgan fingerprint density at radius 2 is 1.55 bits per heavy atom. The zero-order valence-corrected chi connectivity index (χ0v) is 20.2. The highest BCUT2D eigenvalue weighted by Gasteiger charge is 2.30. The molecule has 3 rings (SSSR count). The van der Waals surface area contributed by atoms with E-state index in [1.165, 1.54) is 0 Å². The molecular weight excluding hydrogens is 432 g/mol. The van der Waals surface area contributed by atoms with Gasteiger partial charge in [-0.05, 0) is 49.6 Å². The van der Waals surface area contributed by atoms with E-state index in [1.54, 1.807) is 11.0 Å². The molecule has 0 aliphatic carbocycles. The monoisotopic (exact) mass is 462 g/mol. The van der Waals surface area contributed by atoms with Gasteiger partial charge in [-0.25, -0.2) is 0 Å². The first-order chi connectivity index (χ1) is 15.8. The van der Waals surface area contributed by atoms with Crippen molar-refractivity contribution in [2.75, 3.05) is 0 Å². The maximum absolute atomic E-state index is 13.6. The summed E-state index contributed by atoms with van der Waals surface area (Å²) in [7, 11) is 0. The van der Waals surface area contributed by atoms with Gasteiger partial charge in [0.05, 0.1) is 6.42 Å². The average Bonchev–Trinajstić information content (AvgIpc) is 2.76. The maximum atomic E-state index is 13.6. The number of benzene rings is 3. The Morgan fingerprint density at radius 1 is 0.879 bits per heavy atom. The van der Waals surface area contributed by atoms with Crippen LogP contribution < -0.4 is 5.32 Å². The number of nitrogens with zero attached hydrogens (tertiary/aromatic N) is 1. The van der Waals surface area contributed by atoms with Gasteiger partial charge in [0, 0.05) is 24.0 Å². The van der Waals surface area contributed by atoms with E-state index in [9.17, 15) is 9.59 Å². The molecule has 0 radical (unpaired) electrons. The number of hydrogen-bond acceptors (Lipinski definition) is 2. The van der Waals surface area contributed by atoms with E-state index in [2.05, 4.69) is 5.32 Å². The van der Waals surface area contributed by atoms with Crippen molar-refractivity contribution < 1.29 is 9.59 Å². The van der Waals surface area contributed by atoms with E-state index in [-0.39, 0.29) is 24.3 Å². The molecule has 4 nitrogen and oxygen atoms in total. The number of nitrogens with one attached hydrogen (secondary N) is 1. The van der Waals surface area contributed by atoms with Crippen molar-refractivity contribution in [1.82, 2.24) is 10.2 Å². The molecule has 0 aliphatic rings. The van der Waals surface area contributed by atoms with Crippen LogP contribution in [0.25, 0.3) is 0 Å². The van der Waals surface area contributed by atoms with Gasteiger partial charge in [0.15, 0.2) is 0 Å². The van der Waals surface area contributed by atoms with Gasteiger partial charge in [0.2, 0.25) is 11.8 Å². The highest BCUT2D eigenvalue weighted by Crippen LogP contribution is 2.19. The van der Waals surface area contributed by atoms with Crippen molar-refractivity contribution in [2.24, 2.45) is 0 Å². The third-order valence-electron chi connectivity index (χ3n) is 5.38. The van der Waals surface area contributed by atoms with Crippen molar-refractivity contribution in [2.45, 2.75) is 52.2 Å². The second kappa shape index (κ2) is 11.7. The van der Waals surface area contributed by atoms with Gasteiger partial charge in [0.25, 0.3) is 0 Å². The molecule has 1 atom stereocenters. The molecule has 33 heavy (non-hydrogen) atoms. The van der Waals surface area contributed by atoms with E-state index >= 15 is 0 Å². The largest absolute Gasteiger partial charge is 0.352 e. The fourth-order valence-corrected chi connectivity index (χ4v) is 4.08. The topological polar surface area (TPSA) is 49.4 Å². The molecule has 0 fully saturated rings. The summed E-state index contributed by atoms with van der Waals surface area (Å²) in [4.78, 5) is 28.7. The molecule has 2 amide bonds. The summed E-state index contributed by atoms with van der Waals surface area (Å²) in [5, 5.41) is 3.61. The normalized spacial score (nSPS) is 11.8. The predicted octanol–water partition coefficient (Wildman–Crippen LogP) is 5.36. The van der Waals surface area contributed by atoms with Crippen molar-refractivity contribution in [1.29, 1.82) is 0 Å². The molecular formula is C28H31ClN2O2. The molecule has 5 heteroatoms. The minimum absolute atomic E-state index is 0.0318. The number of amides is 2. The zero-order valence-electron chi connectivity index (χ0n) is 19.4. The van der Waals surface area contributed by atoms with E-state index in [1.807, 2.05) is 93.6 Å². The lowest BCUT2D eigenvalue weighted by Gasteiger charge is -2.32. The summed E-state index contributed by atoms with van der Waals surface area (Å²) in [6.45, 7) is 6.15. The fourth-order valence-electron chi connectivity index (χ4n) is 3.86. The molecule has 0 saturated heterocycles. The quantitative estimate of drug-likeness (QED) is 0.465. The van der Waals surface area contributed by atoms with Crippen LogP contribution >= 0.6 is 11.6 Å². The molecule has 0 unspecified atom stereocenters. The Morgan fingerprint density at radius 3 is 2.21 bits per heavy atom. The predicted molar refractivity (Wildman–Crippen MR) is 134 cm³/mol. The lowest BCUT2D eigenvalue weighted by Crippen LogP contribution is -2.52. The second-order valence-corrected chi connectivity index (χ2v) is 9.12. The summed E-state index contributed by atoms with van der Waals surface area (Å²) in [5.74, 6) is -0.256. The van der Waals surface area contributed by atoms with Crippen LogP contribution in [0.3, 0.4) is 0 Å². The number of rotatable bonds is 9. The number of aryl methyl sites for hydroxylation is 1. The van der Waals surface area contributed by atoms with E-state index in [4.69, 9.17) is 11.6 Å². The third kappa shape index (κ3) is 7.47. The zero-order chi connectivity index (χ0) is 23.8. The highest BCUT2D eigenvalue weighted by atomic mass is 35.5. The average molecular weight is 463 g/mol. The van der Waals surface area contributed by atoms with Gasteiger partial charge in [-0.2, -0.15) is 0 Å². The van der Waals surface area contributed by atoms with Crippen LogP contribution in [0, 0.1) is 6.92 Å². The Kier molecular flexibility index (Phi) is 8.67. The van der Waals surface area contributed by atoms with Crippen LogP contribution in [0.4, 0.5) is 0 Å². The molecule has 0 saturated carbocycles. The molecule has 3 aromatic carbocycles. The Balaban J connectivity index is 1.97. The number of hydrogen-bond donors (Lipinski definition) is 1. The fraction of sp³-hybridized carbons (Fsp3) is 0.286. The summed E-state index contributed by atoms with van der Waals surface area (Å²) in [6, 6.07) is 24.5. The highest BCUT2D eigenvalue weighted by molar-refractivity contribution is 6.30. The standard InChI is InChI=1S/C28H31ClN2O2/c1-20(2)30-28(33)26(17-22-10-5-4-6-11-22)31(19-24-13-8-14-25(29)16-24)27(32)18-23-12-7-9-21(3)15-23/h4-16,20,26H,17-19H2,1-3H3,(H,30,33)/t26-/m0/s1. The van der Waals surface area contributed by atoms with Gasteiger partial charge in [0.1, 0.15) is 6.04 Å². The van der Waals surface area contributed by atoms with E-state index < -0.39 is 6.04 Å². The lowest BCUT2D eigenvalue weighted by atomic mass is 10.0. The molecule has 0 aromatic heterocycles. The number of carbonyl (C=O) groups is 2. The van der Waals surface area contributed by atoms with Crippen molar-refractivity contribution in [3.05, 3.63) is 106 Å². The summed E-state index contributed by atoms with van der Waals surface area (Å²) in [5.41, 5.74) is 3.91. The van der Waals surface area contributed by atoms with E-state index in [0.717, 1.165) is 22.3 Å². The Hall–Kier alpha value is -3.11. The van der Waals surface area contributed by atoms with Crippen LogP contribution in [0.5, 0.6) is 0 Å². The SMILES string of the molecule is Cc1cccc(CC(=O)N(Cc2cccc(Cl)c2)[C@@H](Cc2ccccc2)C(=O)NC(C)C)c1. The minimum Gasteiger partial charge on any atom is -0.352 e. The molecule has 0 heterocycles. The molecule has 1 N–H and O–H groups in total. The first-order valence-corrected chi connectivity index (χ1v) is 11.6. The van der Waals surface area contributed by atoms with Crippen LogP contribution in [-0.2, 0) is 29.0 Å². The van der Waals surface area contributed by atoms with Crippen molar-refractivity contribution in [3.8, 4) is 0 Å². The van der Waals surface area contributed by atoms with Gasteiger partial charge >= 0.3 is 0 Å². The Labute approximate surface area is 201 Å². The molecule has 0 spiro atoms. The molecule has 0 bridgehead atoms. The van der Waals surface area contributed by atoms with Crippen LogP contribution in [0.1, 0.15) is 36.1 Å². The lowest BCUT2D eigenvalue weighted by molar-refractivity contribution is -0.141. The van der Waals surface area contributed by atoms with Crippen molar-refractivity contribution >= 4 is 23.4 Å². The first-order valence-electron chi connectivity index (χ1n) is 11.3. The Bertz CT molecular complexity index is 1080. The number of halogens is 1. The van der Waals surface area contributed by atoms with Crippen LogP contribution in [-0.4, -0.2) is 28.8 Å². The van der Waals surface area contributed by atoms with Crippen LogP contribution in [0.15, 0.2) is 78.9 Å². The van der Waals surface area contributed by atoms with Crippen molar-refractivity contribution in [3.63, 3.8) is 0 Å². The third-order valence-corrected chi connectivity index (χ3v) is 5.62. The molecule has 0 aliphatic heterocycles. The van der Waals surface area contributed by atoms with Gasteiger partial charge in [-0.15, -0.1) is 0 Å². The van der Waals surface area contributed by atoms with Gasteiger partial charge in [-0.1, -0.05) is 83.9 Å². The second-order valence-electron chi connectivity index (χ2n) is 8.69. The van der Waals surface area contributed by atoms with Gasteiger partial charge < -0.3 is 10.2 Å². The van der Waals surface area contributed by atoms with E-state index in [0.29, 0.717) is 18.0 Å². The smallest absolute Gasteiger partial charge is 0.243 e. The first kappa shape index (κ1) is 24.5. The molecule has 172 valence electrons. The maximum Gasteiger partial charge on any atom is 0.243 e. The summed E-state index contributed by atoms with van der Waals surface area (Å²) >= 11 is 6.21. The minimum atomic E-state index is -0.647. The number of carbonyl (C=O) groups excluding carboxylic acids is 2. The molecule has 3 aromatic rings. The van der Waals surface area contributed by atoms with Gasteiger partial charge in [-0.3, -0.25) is 9.59 Å². The van der Waals surface area contributed by atoms with Crippen LogP contribution in [0.2, 0.25) is 5.02 Å². The summed E-state index contributed by atoms with van der Waals surface area (Å²) in [6.07, 6.45) is 0.655. The summed E-state index contributed by atoms with van der Waals surface area (Å²) < 4.78 is 0.